The fourth-order valence-electron chi connectivity index (χ4n) is 2.30. The first-order valence-corrected chi connectivity index (χ1v) is 5.83. The summed E-state index contributed by atoms with van der Waals surface area (Å²) in [5.74, 6) is 0. The summed E-state index contributed by atoms with van der Waals surface area (Å²) in [4.78, 5) is 2.56. The van der Waals surface area contributed by atoms with Crippen molar-refractivity contribution in [3.63, 3.8) is 0 Å². The molecule has 1 heteroatoms. The van der Waals surface area contributed by atoms with Gasteiger partial charge >= 0.3 is 0 Å². The van der Waals surface area contributed by atoms with Gasteiger partial charge in [-0.1, -0.05) is 42.5 Å². The summed E-state index contributed by atoms with van der Waals surface area (Å²) in [6, 6.07) is 11.3. The molecule has 2 rings (SSSR count). The van der Waals surface area contributed by atoms with Crippen LogP contribution < -0.4 is 0 Å². The van der Waals surface area contributed by atoms with E-state index < -0.39 is 0 Å². The van der Waals surface area contributed by atoms with Crippen molar-refractivity contribution in [1.82, 2.24) is 4.90 Å². The first-order valence-electron chi connectivity index (χ1n) is 5.83. The van der Waals surface area contributed by atoms with Crippen LogP contribution in [-0.2, 0) is 0 Å². The van der Waals surface area contributed by atoms with Gasteiger partial charge in [0, 0.05) is 0 Å². The van der Waals surface area contributed by atoms with Crippen molar-refractivity contribution in [1.29, 1.82) is 0 Å². The Balaban J connectivity index is 2.19. The molecule has 1 aromatic rings. The van der Waals surface area contributed by atoms with Gasteiger partial charge in [-0.05, 0) is 38.4 Å². The minimum absolute atomic E-state index is 0.485. The van der Waals surface area contributed by atoms with Crippen molar-refractivity contribution in [3.8, 4) is 0 Å². The number of hydrogen-bond donors (Lipinski definition) is 0. The molecule has 1 heterocycles. The minimum Gasteiger partial charge on any atom is -0.293 e. The second kappa shape index (κ2) is 5.13. The van der Waals surface area contributed by atoms with E-state index in [0.717, 1.165) is 0 Å². The second-order valence-corrected chi connectivity index (χ2v) is 4.12. The van der Waals surface area contributed by atoms with Gasteiger partial charge in [0.2, 0.25) is 0 Å². The molecule has 0 bridgehead atoms. The molecule has 15 heavy (non-hydrogen) atoms. The highest BCUT2D eigenvalue weighted by Crippen LogP contribution is 2.25. The number of nitrogens with zero attached hydrogens (tertiary/aromatic N) is 1. The van der Waals surface area contributed by atoms with E-state index >= 15 is 0 Å². The molecule has 1 saturated heterocycles. The molecule has 0 aliphatic carbocycles. The summed E-state index contributed by atoms with van der Waals surface area (Å²) in [5.41, 5.74) is 1.41. The quantitative estimate of drug-likeness (QED) is 0.677. The Labute approximate surface area is 92.4 Å². The van der Waals surface area contributed by atoms with Gasteiger partial charge in [0.1, 0.15) is 0 Å². The van der Waals surface area contributed by atoms with E-state index in [9.17, 15) is 0 Å². The monoisotopic (exact) mass is 201 g/mol. The van der Waals surface area contributed by atoms with Crippen LogP contribution in [-0.4, -0.2) is 18.0 Å². The lowest BCUT2D eigenvalue weighted by molar-refractivity contribution is 0.288. The van der Waals surface area contributed by atoms with Gasteiger partial charge in [0.05, 0.1) is 6.04 Å². The Morgan fingerprint density at radius 1 is 1.13 bits per heavy atom. The third-order valence-corrected chi connectivity index (χ3v) is 3.05. The van der Waals surface area contributed by atoms with Crippen molar-refractivity contribution in [2.75, 3.05) is 13.1 Å². The highest BCUT2D eigenvalue weighted by molar-refractivity contribution is 5.23. The van der Waals surface area contributed by atoms with Crippen LogP contribution in [0.3, 0.4) is 0 Å². The van der Waals surface area contributed by atoms with Gasteiger partial charge in [0.25, 0.3) is 0 Å². The van der Waals surface area contributed by atoms with Gasteiger partial charge < -0.3 is 0 Å². The topological polar surface area (TPSA) is 3.24 Å². The van der Waals surface area contributed by atoms with E-state index in [2.05, 4.69) is 54.3 Å². The number of benzene rings is 1. The van der Waals surface area contributed by atoms with Gasteiger partial charge in [-0.25, -0.2) is 0 Å². The van der Waals surface area contributed by atoms with Gasteiger partial charge in [-0.3, -0.25) is 4.90 Å². The fraction of sp³-hybridized carbons (Fsp3) is 0.429. The predicted molar refractivity (Wildman–Crippen MR) is 64.8 cm³/mol. The first-order chi connectivity index (χ1) is 7.42. The van der Waals surface area contributed by atoms with Gasteiger partial charge in [-0.15, -0.1) is 0 Å². The van der Waals surface area contributed by atoms with Crippen LogP contribution in [0.15, 0.2) is 42.5 Å². The summed E-state index contributed by atoms with van der Waals surface area (Å²) >= 11 is 0. The van der Waals surface area contributed by atoms with Crippen LogP contribution in [0.25, 0.3) is 0 Å². The Bertz CT molecular complexity index is 309. The molecule has 1 atom stereocenters. The number of hydrogen-bond acceptors (Lipinski definition) is 1. The standard InChI is InChI=1S/C14H19N/c1-2-8-14(15-11-6-7-12-15)13-9-4-3-5-10-13/h2-5,8-10,14H,6-7,11-12H2,1H3/b8-2+. The largest absolute Gasteiger partial charge is 0.293 e. The van der Waals surface area contributed by atoms with E-state index in [1.165, 1.54) is 31.5 Å². The van der Waals surface area contributed by atoms with E-state index in [4.69, 9.17) is 0 Å². The van der Waals surface area contributed by atoms with E-state index in [1.54, 1.807) is 0 Å². The molecule has 0 amide bonds. The zero-order valence-corrected chi connectivity index (χ0v) is 9.39. The predicted octanol–water partition coefficient (Wildman–Crippen LogP) is 3.40. The maximum Gasteiger partial charge on any atom is 0.0531 e. The third kappa shape index (κ3) is 2.48. The van der Waals surface area contributed by atoms with Crippen molar-refractivity contribution < 1.29 is 0 Å². The van der Waals surface area contributed by atoms with Crippen molar-refractivity contribution in [3.05, 3.63) is 48.0 Å². The molecule has 1 nitrogen and oxygen atoms in total. The SMILES string of the molecule is C/C=C/C(c1ccccc1)N1CCCC1. The maximum atomic E-state index is 2.56. The van der Waals surface area contributed by atoms with Crippen molar-refractivity contribution in [2.24, 2.45) is 0 Å². The summed E-state index contributed by atoms with van der Waals surface area (Å²) in [5, 5.41) is 0. The lowest BCUT2D eigenvalue weighted by Gasteiger charge is -2.25. The molecule has 0 N–H and O–H groups in total. The molecule has 0 saturated carbocycles. The smallest absolute Gasteiger partial charge is 0.0531 e. The molecule has 80 valence electrons. The second-order valence-electron chi connectivity index (χ2n) is 4.12. The third-order valence-electron chi connectivity index (χ3n) is 3.05. The van der Waals surface area contributed by atoms with Gasteiger partial charge in [-0.2, -0.15) is 0 Å². The Morgan fingerprint density at radius 3 is 2.40 bits per heavy atom. The maximum absolute atomic E-state index is 2.56. The van der Waals surface area contributed by atoms with Crippen LogP contribution in [0.2, 0.25) is 0 Å². The lowest BCUT2D eigenvalue weighted by Crippen LogP contribution is -2.24. The molecular formula is C14H19N. The molecule has 1 unspecified atom stereocenters. The highest BCUT2D eigenvalue weighted by Gasteiger charge is 2.20. The summed E-state index contributed by atoms with van der Waals surface area (Å²) < 4.78 is 0. The van der Waals surface area contributed by atoms with E-state index in [-0.39, 0.29) is 0 Å². The molecule has 0 spiro atoms. The lowest BCUT2D eigenvalue weighted by atomic mass is 10.1. The molecule has 0 aromatic heterocycles. The summed E-state index contributed by atoms with van der Waals surface area (Å²) in [6.45, 7) is 4.58. The highest BCUT2D eigenvalue weighted by atomic mass is 15.2. The zero-order chi connectivity index (χ0) is 10.5. The van der Waals surface area contributed by atoms with E-state index in [0.29, 0.717) is 6.04 Å². The first kappa shape index (κ1) is 10.4. The van der Waals surface area contributed by atoms with Crippen LogP contribution in [0.1, 0.15) is 31.4 Å². The Hall–Kier alpha value is -1.08. The minimum atomic E-state index is 0.485. The average molecular weight is 201 g/mol. The average Bonchev–Trinajstić information content (AvgIpc) is 2.80. The normalized spacial score (nSPS) is 19.8. The van der Waals surface area contributed by atoms with Crippen molar-refractivity contribution >= 4 is 0 Å². The van der Waals surface area contributed by atoms with E-state index in [1.807, 2.05) is 0 Å². The molecule has 0 radical (unpaired) electrons. The number of likely N-dealkylation sites (tertiary alicyclic amines) is 1. The molecule has 1 fully saturated rings. The zero-order valence-electron chi connectivity index (χ0n) is 9.39. The van der Waals surface area contributed by atoms with Crippen LogP contribution >= 0.6 is 0 Å². The Morgan fingerprint density at radius 2 is 1.80 bits per heavy atom. The Kier molecular flexibility index (Phi) is 3.57. The van der Waals surface area contributed by atoms with Crippen LogP contribution in [0, 0.1) is 0 Å². The molecule has 1 aromatic carbocycles. The fourth-order valence-corrected chi connectivity index (χ4v) is 2.30. The van der Waals surface area contributed by atoms with Gasteiger partial charge in [0.15, 0.2) is 0 Å². The van der Waals surface area contributed by atoms with Crippen molar-refractivity contribution in [2.45, 2.75) is 25.8 Å². The number of rotatable bonds is 3. The molecular weight excluding hydrogens is 182 g/mol. The molecule has 1 aliphatic heterocycles. The summed E-state index contributed by atoms with van der Waals surface area (Å²) in [6.07, 6.45) is 7.17. The van der Waals surface area contributed by atoms with Crippen LogP contribution in [0.5, 0.6) is 0 Å². The number of allylic oxidation sites excluding steroid dienone is 1. The summed E-state index contributed by atoms with van der Waals surface area (Å²) in [7, 11) is 0. The van der Waals surface area contributed by atoms with Crippen LogP contribution in [0.4, 0.5) is 0 Å². The molecule has 1 aliphatic rings.